The molecule has 0 radical (unpaired) electrons. The number of carbonyl (C=O) groups excluding carboxylic acids is 1. The zero-order valence-electron chi connectivity index (χ0n) is 16.9. The summed E-state index contributed by atoms with van der Waals surface area (Å²) in [6, 6.07) is 11.0. The molecule has 1 saturated heterocycles. The molecule has 2 N–H and O–H groups in total. The van der Waals surface area contributed by atoms with Crippen LogP contribution >= 0.6 is 0 Å². The van der Waals surface area contributed by atoms with E-state index in [1.54, 1.807) is 19.0 Å². The molecule has 1 aromatic carbocycles. The SMILES string of the molecule is C=C(C)CNC(=NCC(=O)N(C)C)NC1CCN(Cc2ccccc2)CC1. The van der Waals surface area contributed by atoms with Crippen LogP contribution in [0.5, 0.6) is 0 Å². The van der Waals surface area contributed by atoms with Gasteiger partial charge in [-0.3, -0.25) is 9.69 Å². The number of carbonyl (C=O) groups is 1. The Bertz CT molecular complexity index is 633. The summed E-state index contributed by atoms with van der Waals surface area (Å²) in [5, 5.41) is 6.76. The standard InChI is InChI=1S/C21H33N5O/c1-17(2)14-22-21(23-15-20(27)25(3)4)24-19-10-12-26(13-11-19)16-18-8-6-5-7-9-18/h5-9,19H,1,10-16H2,2-4H3,(H2,22,23,24). The Labute approximate surface area is 163 Å². The number of likely N-dealkylation sites (N-methyl/N-ethyl adjacent to an activating group) is 1. The molecule has 1 heterocycles. The summed E-state index contributed by atoms with van der Waals surface area (Å²) in [5.74, 6) is 0.679. The first-order chi connectivity index (χ1) is 12.9. The molecule has 27 heavy (non-hydrogen) atoms. The van der Waals surface area contributed by atoms with Crippen LogP contribution in [0.3, 0.4) is 0 Å². The Balaban J connectivity index is 1.85. The van der Waals surface area contributed by atoms with Gasteiger partial charge in [0, 0.05) is 46.3 Å². The molecule has 6 heteroatoms. The fraction of sp³-hybridized carbons (Fsp3) is 0.524. The molecule has 0 bridgehead atoms. The van der Waals surface area contributed by atoms with Crippen LogP contribution < -0.4 is 10.6 Å². The van der Waals surface area contributed by atoms with Gasteiger partial charge in [-0.2, -0.15) is 0 Å². The van der Waals surface area contributed by atoms with E-state index in [0.717, 1.165) is 38.0 Å². The van der Waals surface area contributed by atoms with Crippen LogP contribution in [0.15, 0.2) is 47.5 Å². The molecule has 2 rings (SSSR count). The molecule has 1 aliphatic heterocycles. The lowest BCUT2D eigenvalue weighted by atomic mass is 10.0. The van der Waals surface area contributed by atoms with Crippen molar-refractivity contribution in [1.29, 1.82) is 0 Å². The second kappa shape index (κ2) is 10.7. The molecule has 148 valence electrons. The Morgan fingerprint density at radius 3 is 2.52 bits per heavy atom. The third-order valence-corrected chi connectivity index (χ3v) is 4.61. The van der Waals surface area contributed by atoms with Gasteiger partial charge in [-0.25, -0.2) is 4.99 Å². The van der Waals surface area contributed by atoms with Crippen molar-refractivity contribution in [3.8, 4) is 0 Å². The van der Waals surface area contributed by atoms with Gasteiger partial charge in [0.15, 0.2) is 5.96 Å². The first-order valence-corrected chi connectivity index (χ1v) is 9.59. The van der Waals surface area contributed by atoms with E-state index in [-0.39, 0.29) is 12.5 Å². The minimum Gasteiger partial charge on any atom is -0.354 e. The van der Waals surface area contributed by atoms with Crippen LogP contribution in [0, 0.1) is 0 Å². The quantitative estimate of drug-likeness (QED) is 0.436. The first kappa shape index (κ1) is 21.0. The molecule has 0 spiro atoms. The first-order valence-electron chi connectivity index (χ1n) is 9.59. The van der Waals surface area contributed by atoms with Crippen molar-refractivity contribution in [3.05, 3.63) is 48.0 Å². The molecular formula is C21H33N5O. The zero-order chi connectivity index (χ0) is 19.6. The number of likely N-dealkylation sites (tertiary alicyclic amines) is 1. The molecule has 0 saturated carbocycles. The average Bonchev–Trinajstić information content (AvgIpc) is 2.65. The van der Waals surface area contributed by atoms with Crippen LogP contribution in [0.25, 0.3) is 0 Å². The topological polar surface area (TPSA) is 60.0 Å². The summed E-state index contributed by atoms with van der Waals surface area (Å²) < 4.78 is 0. The Morgan fingerprint density at radius 2 is 1.93 bits per heavy atom. The van der Waals surface area contributed by atoms with Crippen molar-refractivity contribution >= 4 is 11.9 Å². The van der Waals surface area contributed by atoms with Crippen molar-refractivity contribution in [2.75, 3.05) is 40.3 Å². The maximum absolute atomic E-state index is 11.8. The number of hydrogen-bond donors (Lipinski definition) is 2. The summed E-state index contributed by atoms with van der Waals surface area (Å²) in [5.41, 5.74) is 2.39. The summed E-state index contributed by atoms with van der Waals surface area (Å²) in [4.78, 5) is 20.3. The van der Waals surface area contributed by atoms with Gasteiger partial charge in [-0.1, -0.05) is 42.5 Å². The maximum atomic E-state index is 11.8. The maximum Gasteiger partial charge on any atom is 0.243 e. The Morgan fingerprint density at radius 1 is 1.26 bits per heavy atom. The Kier molecular flexibility index (Phi) is 8.33. The number of nitrogens with one attached hydrogen (secondary N) is 2. The van der Waals surface area contributed by atoms with Gasteiger partial charge < -0.3 is 15.5 Å². The number of benzene rings is 1. The highest BCUT2D eigenvalue weighted by atomic mass is 16.2. The normalized spacial score (nSPS) is 16.0. The van der Waals surface area contributed by atoms with E-state index in [0.29, 0.717) is 18.5 Å². The van der Waals surface area contributed by atoms with Crippen LogP contribution in [-0.2, 0) is 11.3 Å². The molecule has 0 aliphatic carbocycles. The van der Waals surface area contributed by atoms with Crippen molar-refractivity contribution in [3.63, 3.8) is 0 Å². The molecule has 1 aliphatic rings. The molecule has 6 nitrogen and oxygen atoms in total. The van der Waals surface area contributed by atoms with Gasteiger partial charge in [0.25, 0.3) is 0 Å². The molecule has 0 unspecified atom stereocenters. The number of guanidine groups is 1. The number of nitrogens with zero attached hydrogens (tertiary/aromatic N) is 3. The highest BCUT2D eigenvalue weighted by Crippen LogP contribution is 2.13. The predicted molar refractivity (Wildman–Crippen MR) is 112 cm³/mol. The minimum absolute atomic E-state index is 0.0101. The van der Waals surface area contributed by atoms with Crippen LogP contribution in [0.4, 0.5) is 0 Å². The van der Waals surface area contributed by atoms with Crippen LogP contribution in [0.1, 0.15) is 25.3 Å². The van der Waals surface area contributed by atoms with Gasteiger partial charge in [0.1, 0.15) is 6.54 Å². The number of amides is 1. The monoisotopic (exact) mass is 371 g/mol. The molecule has 1 amide bonds. The van der Waals surface area contributed by atoms with E-state index >= 15 is 0 Å². The van der Waals surface area contributed by atoms with Crippen molar-refractivity contribution in [1.82, 2.24) is 20.4 Å². The van der Waals surface area contributed by atoms with Crippen LogP contribution in [0.2, 0.25) is 0 Å². The fourth-order valence-electron chi connectivity index (χ4n) is 2.95. The summed E-state index contributed by atoms with van der Waals surface area (Å²) in [6.45, 7) is 9.79. The highest BCUT2D eigenvalue weighted by Gasteiger charge is 2.20. The number of piperidine rings is 1. The lowest BCUT2D eigenvalue weighted by Gasteiger charge is -2.33. The lowest BCUT2D eigenvalue weighted by molar-refractivity contribution is -0.127. The molecule has 0 aromatic heterocycles. The third-order valence-electron chi connectivity index (χ3n) is 4.61. The fourth-order valence-corrected chi connectivity index (χ4v) is 2.95. The second-order valence-electron chi connectivity index (χ2n) is 7.44. The zero-order valence-corrected chi connectivity index (χ0v) is 16.9. The van der Waals surface area contributed by atoms with Crippen molar-refractivity contribution < 1.29 is 4.79 Å². The molecular weight excluding hydrogens is 338 g/mol. The number of hydrogen-bond acceptors (Lipinski definition) is 3. The van der Waals surface area contributed by atoms with Crippen molar-refractivity contribution in [2.45, 2.75) is 32.4 Å². The van der Waals surface area contributed by atoms with E-state index in [1.807, 2.05) is 6.92 Å². The van der Waals surface area contributed by atoms with Gasteiger partial charge in [-0.15, -0.1) is 0 Å². The largest absolute Gasteiger partial charge is 0.354 e. The number of aliphatic imine (C=N–C) groups is 1. The van der Waals surface area contributed by atoms with Crippen molar-refractivity contribution in [2.24, 2.45) is 4.99 Å². The van der Waals surface area contributed by atoms with E-state index in [4.69, 9.17) is 0 Å². The number of rotatable bonds is 7. The summed E-state index contributed by atoms with van der Waals surface area (Å²) in [6.07, 6.45) is 2.12. The summed E-state index contributed by atoms with van der Waals surface area (Å²) in [7, 11) is 3.49. The molecule has 1 fully saturated rings. The Hall–Kier alpha value is -2.34. The highest BCUT2D eigenvalue weighted by molar-refractivity contribution is 5.85. The third kappa shape index (κ3) is 7.83. The minimum atomic E-state index is -0.0101. The van der Waals surface area contributed by atoms with Crippen LogP contribution in [-0.4, -0.2) is 68.0 Å². The van der Waals surface area contributed by atoms with E-state index < -0.39 is 0 Å². The predicted octanol–water partition coefficient (Wildman–Crippen LogP) is 1.85. The molecule has 0 atom stereocenters. The second-order valence-corrected chi connectivity index (χ2v) is 7.44. The van der Waals surface area contributed by atoms with Gasteiger partial charge in [0.05, 0.1) is 0 Å². The smallest absolute Gasteiger partial charge is 0.243 e. The van der Waals surface area contributed by atoms with E-state index in [1.165, 1.54) is 5.56 Å². The van der Waals surface area contributed by atoms with E-state index in [9.17, 15) is 4.79 Å². The van der Waals surface area contributed by atoms with Gasteiger partial charge in [0.2, 0.25) is 5.91 Å². The van der Waals surface area contributed by atoms with Gasteiger partial charge >= 0.3 is 0 Å². The molecule has 1 aromatic rings. The lowest BCUT2D eigenvalue weighted by Crippen LogP contribution is -2.49. The summed E-state index contributed by atoms with van der Waals surface area (Å²) >= 11 is 0. The average molecular weight is 372 g/mol. The van der Waals surface area contributed by atoms with E-state index in [2.05, 4.69) is 57.4 Å². The van der Waals surface area contributed by atoms with Gasteiger partial charge in [-0.05, 0) is 25.3 Å².